The summed E-state index contributed by atoms with van der Waals surface area (Å²) >= 11 is 0. The number of aliphatic hydroxyl groups excluding tert-OH is 1. The lowest BCUT2D eigenvalue weighted by atomic mass is 9.99. The van der Waals surface area contributed by atoms with Gasteiger partial charge >= 0.3 is 0 Å². The Morgan fingerprint density at radius 2 is 1.74 bits per heavy atom. The fourth-order valence-electron chi connectivity index (χ4n) is 4.60. The molecule has 4 N–H and O–H groups in total. The maximum Gasteiger partial charge on any atom is 0.267 e. The maximum atomic E-state index is 14.5. The standard InChI is InChI=1S/C29H38F2N4O4/c1-3-5-11-25(36)34-23(16-20-9-7-6-8-10-20)26(37)28(39)35-19-29(30,31)17-24(35)27(38)33-18-21-12-14-22(15-13-21)32-4-2/h6-10,12-15,23-24,26,32,37H,3-5,11,16-19H2,1-2H3,(H,33,38)(H,34,36)/t23-,24-,26-/m0/s1. The Morgan fingerprint density at radius 1 is 1.05 bits per heavy atom. The number of hydrogen-bond donors (Lipinski definition) is 4. The fraction of sp³-hybridized carbons (Fsp3) is 0.483. The Hall–Kier alpha value is -3.53. The minimum absolute atomic E-state index is 0.0992. The topological polar surface area (TPSA) is 111 Å². The van der Waals surface area contributed by atoms with Crippen LogP contribution in [0.5, 0.6) is 0 Å². The Balaban J connectivity index is 1.72. The molecule has 0 aliphatic carbocycles. The average molecular weight is 545 g/mol. The predicted molar refractivity (Wildman–Crippen MR) is 145 cm³/mol. The molecule has 39 heavy (non-hydrogen) atoms. The third-order valence-corrected chi connectivity index (χ3v) is 6.69. The molecule has 3 atom stereocenters. The van der Waals surface area contributed by atoms with Gasteiger partial charge in [-0.2, -0.15) is 0 Å². The smallest absolute Gasteiger partial charge is 0.267 e. The number of rotatable bonds is 13. The number of carbonyl (C=O) groups is 3. The summed E-state index contributed by atoms with van der Waals surface area (Å²) in [6.07, 6.45) is -0.897. The summed E-state index contributed by atoms with van der Waals surface area (Å²) in [5, 5.41) is 19.5. The molecule has 0 radical (unpaired) electrons. The highest BCUT2D eigenvalue weighted by Crippen LogP contribution is 2.33. The van der Waals surface area contributed by atoms with Crippen molar-refractivity contribution in [1.82, 2.24) is 15.5 Å². The van der Waals surface area contributed by atoms with E-state index in [0.717, 1.165) is 34.7 Å². The van der Waals surface area contributed by atoms with Crippen molar-refractivity contribution in [1.29, 1.82) is 0 Å². The Morgan fingerprint density at radius 3 is 2.38 bits per heavy atom. The zero-order valence-electron chi connectivity index (χ0n) is 22.5. The summed E-state index contributed by atoms with van der Waals surface area (Å²) in [5.41, 5.74) is 2.44. The van der Waals surface area contributed by atoms with E-state index in [0.29, 0.717) is 6.42 Å². The van der Waals surface area contributed by atoms with E-state index in [1.807, 2.05) is 44.2 Å². The van der Waals surface area contributed by atoms with E-state index in [-0.39, 0.29) is 25.3 Å². The molecule has 1 aliphatic rings. The van der Waals surface area contributed by atoms with Crippen LogP contribution in [0, 0.1) is 0 Å². The molecule has 1 saturated heterocycles. The van der Waals surface area contributed by atoms with E-state index in [1.165, 1.54) is 0 Å². The van der Waals surface area contributed by atoms with Crippen LogP contribution in [-0.2, 0) is 27.3 Å². The van der Waals surface area contributed by atoms with Gasteiger partial charge in [0.2, 0.25) is 11.8 Å². The summed E-state index contributed by atoms with van der Waals surface area (Å²) in [5.74, 6) is -5.37. The van der Waals surface area contributed by atoms with Crippen LogP contribution in [0.3, 0.4) is 0 Å². The van der Waals surface area contributed by atoms with Gasteiger partial charge in [-0.3, -0.25) is 14.4 Å². The monoisotopic (exact) mass is 544 g/mol. The number of unbranched alkanes of at least 4 members (excludes halogenated alkanes) is 1. The number of alkyl halides is 2. The molecule has 10 heteroatoms. The van der Waals surface area contributed by atoms with E-state index in [9.17, 15) is 28.3 Å². The van der Waals surface area contributed by atoms with Crippen molar-refractivity contribution in [2.24, 2.45) is 0 Å². The molecule has 0 aromatic heterocycles. The van der Waals surface area contributed by atoms with Gasteiger partial charge in [0.25, 0.3) is 11.8 Å². The number of amides is 3. The molecule has 2 aromatic rings. The molecule has 3 amide bonds. The number of nitrogens with zero attached hydrogens (tertiary/aromatic N) is 1. The molecule has 1 fully saturated rings. The zero-order valence-corrected chi connectivity index (χ0v) is 22.5. The molecular weight excluding hydrogens is 506 g/mol. The van der Waals surface area contributed by atoms with Crippen molar-refractivity contribution in [3.05, 3.63) is 65.7 Å². The van der Waals surface area contributed by atoms with Crippen molar-refractivity contribution in [3.8, 4) is 0 Å². The van der Waals surface area contributed by atoms with E-state index in [1.54, 1.807) is 24.3 Å². The first-order chi connectivity index (χ1) is 18.6. The fourth-order valence-corrected chi connectivity index (χ4v) is 4.60. The Bertz CT molecular complexity index is 1100. The van der Waals surface area contributed by atoms with Crippen LogP contribution in [0.25, 0.3) is 0 Å². The number of nitrogens with one attached hydrogen (secondary N) is 3. The number of aliphatic hydroxyl groups is 1. The Labute approximate surface area is 228 Å². The number of anilines is 1. The summed E-state index contributed by atoms with van der Waals surface area (Å²) < 4.78 is 28.9. The van der Waals surface area contributed by atoms with Crippen LogP contribution in [-0.4, -0.2) is 64.9 Å². The molecule has 212 valence electrons. The predicted octanol–water partition coefficient (Wildman–Crippen LogP) is 3.25. The largest absolute Gasteiger partial charge is 0.385 e. The number of halogens is 2. The van der Waals surface area contributed by atoms with Crippen molar-refractivity contribution >= 4 is 23.4 Å². The molecule has 1 heterocycles. The molecule has 0 unspecified atom stereocenters. The second kappa shape index (κ2) is 14.0. The van der Waals surface area contributed by atoms with Crippen LogP contribution in [0.1, 0.15) is 50.7 Å². The van der Waals surface area contributed by atoms with Gasteiger partial charge in [-0.15, -0.1) is 0 Å². The summed E-state index contributed by atoms with van der Waals surface area (Å²) in [4.78, 5) is 39.5. The van der Waals surface area contributed by atoms with Crippen LogP contribution >= 0.6 is 0 Å². The number of hydrogen-bond acceptors (Lipinski definition) is 5. The normalized spacial score (nSPS) is 17.8. The lowest BCUT2D eigenvalue weighted by Gasteiger charge is -2.30. The minimum atomic E-state index is -3.29. The van der Waals surface area contributed by atoms with Crippen molar-refractivity contribution in [2.45, 2.75) is 76.6 Å². The number of carbonyl (C=O) groups excluding carboxylic acids is 3. The summed E-state index contributed by atoms with van der Waals surface area (Å²) in [7, 11) is 0. The third kappa shape index (κ3) is 8.74. The van der Waals surface area contributed by atoms with Gasteiger partial charge in [0.15, 0.2) is 6.10 Å². The molecule has 0 spiro atoms. The first-order valence-corrected chi connectivity index (χ1v) is 13.4. The van der Waals surface area contributed by atoms with Gasteiger partial charge in [-0.05, 0) is 43.0 Å². The molecular formula is C29H38F2N4O4. The van der Waals surface area contributed by atoms with Crippen LogP contribution < -0.4 is 16.0 Å². The highest BCUT2D eigenvalue weighted by Gasteiger charge is 2.51. The van der Waals surface area contributed by atoms with Crippen LogP contribution in [0.4, 0.5) is 14.5 Å². The lowest BCUT2D eigenvalue weighted by molar-refractivity contribution is -0.147. The molecule has 0 saturated carbocycles. The zero-order chi connectivity index (χ0) is 28.4. The van der Waals surface area contributed by atoms with E-state index >= 15 is 0 Å². The van der Waals surface area contributed by atoms with E-state index < -0.39 is 48.9 Å². The minimum Gasteiger partial charge on any atom is -0.385 e. The van der Waals surface area contributed by atoms with Gasteiger partial charge in [0.05, 0.1) is 12.6 Å². The highest BCUT2D eigenvalue weighted by atomic mass is 19.3. The quantitative estimate of drug-likeness (QED) is 0.310. The molecule has 2 aromatic carbocycles. The van der Waals surface area contributed by atoms with Gasteiger partial charge in [0.1, 0.15) is 6.04 Å². The van der Waals surface area contributed by atoms with Crippen molar-refractivity contribution in [3.63, 3.8) is 0 Å². The van der Waals surface area contributed by atoms with Crippen LogP contribution in [0.2, 0.25) is 0 Å². The second-order valence-electron chi connectivity index (χ2n) is 9.90. The molecule has 0 bridgehead atoms. The first kappa shape index (κ1) is 30.0. The van der Waals surface area contributed by atoms with Gasteiger partial charge in [-0.25, -0.2) is 8.78 Å². The molecule has 8 nitrogen and oxygen atoms in total. The Kier molecular flexibility index (Phi) is 10.8. The molecule has 3 rings (SSSR count). The highest BCUT2D eigenvalue weighted by molar-refractivity contribution is 5.91. The van der Waals surface area contributed by atoms with Gasteiger partial charge in [-0.1, -0.05) is 55.8 Å². The maximum absolute atomic E-state index is 14.5. The number of likely N-dealkylation sites (tertiary alicyclic amines) is 1. The van der Waals surface area contributed by atoms with E-state index in [2.05, 4.69) is 16.0 Å². The second-order valence-corrected chi connectivity index (χ2v) is 9.90. The van der Waals surface area contributed by atoms with Crippen molar-refractivity contribution < 1.29 is 28.3 Å². The first-order valence-electron chi connectivity index (χ1n) is 13.4. The third-order valence-electron chi connectivity index (χ3n) is 6.69. The van der Waals surface area contributed by atoms with Crippen molar-refractivity contribution in [2.75, 3.05) is 18.4 Å². The summed E-state index contributed by atoms with van der Waals surface area (Å²) in [6.45, 7) is 3.78. The van der Waals surface area contributed by atoms with E-state index in [4.69, 9.17) is 0 Å². The molecule has 1 aliphatic heterocycles. The SMILES string of the molecule is CCCCC(=O)N[C@@H](Cc1ccccc1)[C@H](O)C(=O)N1CC(F)(F)C[C@H]1C(=O)NCc1ccc(NCC)cc1. The van der Waals surface area contributed by atoms with Gasteiger partial charge < -0.3 is 26.0 Å². The average Bonchev–Trinajstić information content (AvgIpc) is 3.26. The summed E-state index contributed by atoms with van der Waals surface area (Å²) in [6, 6.07) is 13.8. The van der Waals surface area contributed by atoms with Crippen LogP contribution in [0.15, 0.2) is 54.6 Å². The van der Waals surface area contributed by atoms with Gasteiger partial charge in [0, 0.05) is 31.6 Å². The lowest BCUT2D eigenvalue weighted by Crippen LogP contribution is -2.55. The number of benzene rings is 2.